The number of aliphatic hydroxyl groups excluding tert-OH is 1. The molecule has 0 saturated carbocycles. The molecule has 10 heteroatoms. The highest BCUT2D eigenvalue weighted by Crippen LogP contribution is 2.53. The summed E-state index contributed by atoms with van der Waals surface area (Å²) in [6.45, 7) is 0. The van der Waals surface area contributed by atoms with Gasteiger partial charge in [0.25, 0.3) is 0 Å². The van der Waals surface area contributed by atoms with Crippen molar-refractivity contribution in [3.63, 3.8) is 0 Å². The number of aromatic nitrogens is 1. The largest absolute Gasteiger partial charge is 0.454 e. The number of pyridine rings is 1. The normalized spacial score (nSPS) is 21.0. The lowest BCUT2D eigenvalue weighted by Gasteiger charge is -2.13. The highest BCUT2D eigenvalue weighted by Gasteiger charge is 2.61. The molecule has 1 atom stereocenters. The number of hydrogen-bond donors (Lipinski definition) is 1. The van der Waals surface area contributed by atoms with Crippen LogP contribution in [0.2, 0.25) is 10.0 Å². The molecular formula is C13H7Cl2F2NO4S. The van der Waals surface area contributed by atoms with Crippen LogP contribution in [-0.4, -0.2) is 23.8 Å². The Bertz CT molecular complexity index is 905. The van der Waals surface area contributed by atoms with Gasteiger partial charge in [0.15, 0.2) is 6.10 Å². The zero-order valence-corrected chi connectivity index (χ0v) is 13.3. The third kappa shape index (κ3) is 2.37. The van der Waals surface area contributed by atoms with Gasteiger partial charge in [-0.2, -0.15) is 8.78 Å². The van der Waals surface area contributed by atoms with Crippen LogP contribution in [0.15, 0.2) is 35.5 Å². The van der Waals surface area contributed by atoms with Gasteiger partial charge >= 0.3 is 5.25 Å². The molecule has 0 unspecified atom stereocenters. The molecule has 0 fully saturated rings. The lowest BCUT2D eigenvalue weighted by Crippen LogP contribution is -2.28. The van der Waals surface area contributed by atoms with Gasteiger partial charge in [-0.25, -0.2) is 8.42 Å². The van der Waals surface area contributed by atoms with Crippen LogP contribution in [0, 0.1) is 0 Å². The fourth-order valence-corrected chi connectivity index (χ4v) is 4.14. The van der Waals surface area contributed by atoms with E-state index in [2.05, 4.69) is 4.98 Å². The van der Waals surface area contributed by atoms with Crippen LogP contribution in [0.5, 0.6) is 11.5 Å². The zero-order chi connectivity index (χ0) is 17.0. The number of rotatable bonds is 2. The van der Waals surface area contributed by atoms with Crippen LogP contribution in [0.3, 0.4) is 0 Å². The van der Waals surface area contributed by atoms with Crippen molar-refractivity contribution in [2.24, 2.45) is 0 Å². The molecule has 23 heavy (non-hydrogen) atoms. The Kier molecular flexibility index (Phi) is 3.75. The molecule has 0 radical (unpaired) electrons. The molecule has 0 aliphatic carbocycles. The predicted octanol–water partition coefficient (Wildman–Crippen LogP) is 3.59. The van der Waals surface area contributed by atoms with Crippen LogP contribution in [0.1, 0.15) is 11.7 Å². The first kappa shape index (κ1) is 16.4. The molecule has 2 heterocycles. The number of nitrogens with zero attached hydrogens (tertiary/aromatic N) is 1. The van der Waals surface area contributed by atoms with E-state index >= 15 is 0 Å². The Morgan fingerprint density at radius 1 is 1.26 bits per heavy atom. The molecular weight excluding hydrogens is 375 g/mol. The zero-order valence-electron chi connectivity index (χ0n) is 11.0. The third-order valence-electron chi connectivity index (χ3n) is 3.25. The van der Waals surface area contributed by atoms with Gasteiger partial charge in [0.2, 0.25) is 9.84 Å². The first-order chi connectivity index (χ1) is 10.7. The predicted molar refractivity (Wildman–Crippen MR) is 77.9 cm³/mol. The van der Waals surface area contributed by atoms with Crippen LogP contribution < -0.4 is 4.74 Å². The van der Waals surface area contributed by atoms with Crippen molar-refractivity contribution in [2.75, 3.05) is 0 Å². The van der Waals surface area contributed by atoms with E-state index in [1.54, 1.807) is 0 Å². The average Bonchev–Trinajstić information content (AvgIpc) is 2.60. The van der Waals surface area contributed by atoms with E-state index in [0.29, 0.717) is 0 Å². The minimum absolute atomic E-state index is 0.110. The molecule has 2 aromatic rings. The molecule has 3 rings (SSSR count). The van der Waals surface area contributed by atoms with Crippen LogP contribution in [0.25, 0.3) is 0 Å². The van der Waals surface area contributed by atoms with Crippen molar-refractivity contribution in [2.45, 2.75) is 16.3 Å². The second kappa shape index (κ2) is 5.27. The number of ether oxygens (including phenoxy) is 1. The van der Waals surface area contributed by atoms with Gasteiger partial charge in [-0.1, -0.05) is 23.2 Å². The van der Waals surface area contributed by atoms with E-state index in [1.165, 1.54) is 18.5 Å². The maximum absolute atomic E-state index is 13.7. The Labute approximate surface area is 139 Å². The summed E-state index contributed by atoms with van der Waals surface area (Å²) in [5.74, 6) is 0.0582. The second-order valence-corrected chi connectivity index (χ2v) is 7.50. The SMILES string of the molecule is O=S1(=O)c2ccc(Oc3cncc(Cl)c3)c(Cl)c2[C@@H](O)C1(F)F. The van der Waals surface area contributed by atoms with Gasteiger partial charge in [-0.05, 0) is 12.1 Å². The first-order valence-electron chi connectivity index (χ1n) is 6.07. The lowest BCUT2D eigenvalue weighted by atomic mass is 10.1. The van der Waals surface area contributed by atoms with Gasteiger partial charge in [-0.3, -0.25) is 4.98 Å². The van der Waals surface area contributed by atoms with E-state index in [0.717, 1.165) is 12.1 Å². The van der Waals surface area contributed by atoms with Gasteiger partial charge in [0, 0.05) is 17.8 Å². The minimum Gasteiger partial charge on any atom is -0.454 e. The van der Waals surface area contributed by atoms with Crippen LogP contribution >= 0.6 is 23.2 Å². The van der Waals surface area contributed by atoms with Gasteiger partial charge in [0.05, 0.1) is 21.1 Å². The molecule has 1 aliphatic heterocycles. The van der Waals surface area contributed by atoms with Crippen LogP contribution in [0.4, 0.5) is 8.78 Å². The summed E-state index contributed by atoms with van der Waals surface area (Å²) in [6, 6.07) is 3.43. The van der Waals surface area contributed by atoms with Crippen molar-refractivity contribution in [1.29, 1.82) is 0 Å². The molecule has 0 amide bonds. The van der Waals surface area contributed by atoms with Gasteiger partial charge in [0.1, 0.15) is 11.5 Å². The topological polar surface area (TPSA) is 76.5 Å². The summed E-state index contributed by atoms with van der Waals surface area (Å²) in [5, 5.41) is 5.16. The maximum atomic E-state index is 13.7. The van der Waals surface area contributed by atoms with Gasteiger partial charge < -0.3 is 9.84 Å². The Morgan fingerprint density at radius 3 is 2.61 bits per heavy atom. The molecule has 0 saturated heterocycles. The molecule has 1 aromatic heterocycles. The fraction of sp³-hybridized carbons (Fsp3) is 0.154. The monoisotopic (exact) mass is 381 g/mol. The number of sulfone groups is 1. The molecule has 122 valence electrons. The molecule has 1 N–H and O–H groups in total. The van der Waals surface area contributed by atoms with E-state index in [9.17, 15) is 22.3 Å². The van der Waals surface area contributed by atoms with Crippen molar-refractivity contribution in [3.05, 3.63) is 46.2 Å². The molecule has 5 nitrogen and oxygen atoms in total. The standard InChI is InChI=1S/C13H7Cl2F2NO4S/c14-6-3-7(5-18-4-6)22-8-1-2-9-10(11(8)15)12(19)13(16,17)23(9,20)21/h1-5,12,19H/t12-/m1/s1. The highest BCUT2D eigenvalue weighted by molar-refractivity contribution is 7.92. The van der Waals surface area contributed by atoms with Crippen molar-refractivity contribution in [1.82, 2.24) is 4.98 Å². The number of halogens is 4. The van der Waals surface area contributed by atoms with Gasteiger partial charge in [-0.15, -0.1) is 0 Å². The summed E-state index contributed by atoms with van der Waals surface area (Å²) >= 11 is 11.7. The van der Waals surface area contributed by atoms with E-state index in [4.69, 9.17) is 27.9 Å². The average molecular weight is 382 g/mol. The molecule has 0 bridgehead atoms. The smallest absolute Gasteiger partial charge is 0.379 e. The quantitative estimate of drug-likeness (QED) is 0.859. The fourth-order valence-electron chi connectivity index (χ4n) is 2.16. The Morgan fingerprint density at radius 2 is 1.96 bits per heavy atom. The van der Waals surface area contributed by atoms with Crippen molar-refractivity contribution in [3.8, 4) is 11.5 Å². The number of alkyl halides is 2. The summed E-state index contributed by atoms with van der Waals surface area (Å²) in [7, 11) is -5.01. The van der Waals surface area contributed by atoms with Crippen LogP contribution in [-0.2, 0) is 9.84 Å². The number of hydrogen-bond acceptors (Lipinski definition) is 5. The first-order valence-corrected chi connectivity index (χ1v) is 8.31. The Hall–Kier alpha value is -1.48. The number of aliphatic hydroxyl groups is 1. The van der Waals surface area contributed by atoms with Crippen molar-refractivity contribution >= 4 is 33.0 Å². The number of fused-ring (bicyclic) bond motifs is 1. The van der Waals surface area contributed by atoms with E-state index in [-0.39, 0.29) is 16.5 Å². The van der Waals surface area contributed by atoms with E-state index in [1.807, 2.05) is 0 Å². The molecule has 1 aliphatic rings. The molecule has 1 aromatic carbocycles. The Balaban J connectivity index is 2.11. The summed E-state index contributed by atoms with van der Waals surface area (Å²) in [4.78, 5) is 3.05. The summed E-state index contributed by atoms with van der Waals surface area (Å²) in [5.41, 5.74) is -0.593. The van der Waals surface area contributed by atoms with E-state index < -0.39 is 36.7 Å². The lowest BCUT2D eigenvalue weighted by molar-refractivity contribution is -0.0375. The maximum Gasteiger partial charge on any atom is 0.379 e. The minimum atomic E-state index is -5.01. The summed E-state index contributed by atoms with van der Waals surface area (Å²) in [6.07, 6.45) is 0.0864. The third-order valence-corrected chi connectivity index (χ3v) is 5.72. The number of benzene rings is 1. The highest BCUT2D eigenvalue weighted by atomic mass is 35.5. The summed E-state index contributed by atoms with van der Waals surface area (Å²) < 4.78 is 56.3. The second-order valence-electron chi connectivity index (χ2n) is 4.70. The van der Waals surface area contributed by atoms with Crippen molar-refractivity contribution < 1.29 is 27.0 Å². The molecule has 0 spiro atoms.